The Morgan fingerprint density at radius 2 is 1.61 bits per heavy atom. The molecule has 2 aromatic carbocycles. The molecule has 31 heavy (non-hydrogen) atoms. The van der Waals surface area contributed by atoms with Crippen molar-refractivity contribution < 1.29 is 14.0 Å². The number of rotatable bonds is 9. The standard InChI is InChI=1S/C24H24Cl2N2O3/c1-2-10-27(24(30)19-12-20(25)14-21(26)13-19)17-23(29)28(16-22-9-6-11-31-22)15-18-7-4-3-5-8-18/h3-9,11-14H,2,10,15-17H2,1H3. The monoisotopic (exact) mass is 458 g/mol. The highest BCUT2D eigenvalue weighted by molar-refractivity contribution is 6.35. The first-order chi connectivity index (χ1) is 15.0. The number of carbonyl (C=O) groups excluding carboxylic acids is 2. The summed E-state index contributed by atoms with van der Waals surface area (Å²) in [6, 6.07) is 18.0. The van der Waals surface area contributed by atoms with E-state index < -0.39 is 0 Å². The summed E-state index contributed by atoms with van der Waals surface area (Å²) >= 11 is 12.1. The van der Waals surface area contributed by atoms with E-state index in [1.807, 2.05) is 43.3 Å². The van der Waals surface area contributed by atoms with Gasteiger partial charge in [0.05, 0.1) is 12.8 Å². The van der Waals surface area contributed by atoms with E-state index in [0.29, 0.717) is 47.4 Å². The molecule has 3 aromatic rings. The van der Waals surface area contributed by atoms with Gasteiger partial charge in [0.1, 0.15) is 12.3 Å². The number of amides is 2. The van der Waals surface area contributed by atoms with Crippen LogP contribution in [0.2, 0.25) is 10.0 Å². The molecule has 2 amide bonds. The fourth-order valence-electron chi connectivity index (χ4n) is 3.27. The van der Waals surface area contributed by atoms with E-state index in [2.05, 4.69) is 0 Å². The van der Waals surface area contributed by atoms with Crippen LogP contribution >= 0.6 is 23.2 Å². The highest BCUT2D eigenvalue weighted by Gasteiger charge is 2.23. The van der Waals surface area contributed by atoms with Gasteiger partial charge in [0.15, 0.2) is 0 Å². The number of furan rings is 1. The zero-order valence-electron chi connectivity index (χ0n) is 17.3. The van der Waals surface area contributed by atoms with Crippen LogP contribution in [0.15, 0.2) is 71.3 Å². The average molecular weight is 459 g/mol. The predicted octanol–water partition coefficient (Wildman–Crippen LogP) is 5.67. The molecule has 0 radical (unpaired) electrons. The third-order valence-corrected chi connectivity index (χ3v) is 5.15. The molecule has 1 heterocycles. The number of halogens is 2. The Hall–Kier alpha value is -2.76. The van der Waals surface area contributed by atoms with Gasteiger partial charge in [0.25, 0.3) is 5.91 Å². The van der Waals surface area contributed by atoms with E-state index in [1.54, 1.807) is 35.4 Å². The molecule has 0 bridgehead atoms. The molecule has 0 unspecified atom stereocenters. The third-order valence-electron chi connectivity index (χ3n) is 4.71. The molecular formula is C24H24Cl2N2O3. The Balaban J connectivity index is 1.79. The van der Waals surface area contributed by atoms with Gasteiger partial charge in [-0.2, -0.15) is 0 Å². The molecule has 162 valence electrons. The minimum absolute atomic E-state index is 0.0512. The Bertz CT molecular complexity index is 987. The minimum Gasteiger partial charge on any atom is -0.467 e. The molecule has 0 aliphatic carbocycles. The van der Waals surface area contributed by atoms with Crippen molar-refractivity contribution in [3.8, 4) is 0 Å². The number of hydrogen-bond acceptors (Lipinski definition) is 3. The molecule has 7 heteroatoms. The molecular weight excluding hydrogens is 435 g/mol. The Kier molecular flexibility index (Phi) is 8.15. The second-order valence-electron chi connectivity index (χ2n) is 7.20. The van der Waals surface area contributed by atoms with Crippen LogP contribution in [0.1, 0.15) is 35.0 Å². The summed E-state index contributed by atoms with van der Waals surface area (Å²) in [4.78, 5) is 29.6. The summed E-state index contributed by atoms with van der Waals surface area (Å²) in [5.74, 6) is 0.228. The van der Waals surface area contributed by atoms with Crippen LogP contribution in [0, 0.1) is 0 Å². The van der Waals surface area contributed by atoms with Gasteiger partial charge in [0.2, 0.25) is 5.91 Å². The van der Waals surface area contributed by atoms with Crippen LogP contribution < -0.4 is 0 Å². The van der Waals surface area contributed by atoms with Crippen LogP contribution in [-0.4, -0.2) is 34.7 Å². The van der Waals surface area contributed by atoms with Crippen molar-refractivity contribution in [3.05, 3.63) is 93.9 Å². The molecule has 0 fully saturated rings. The van der Waals surface area contributed by atoms with Crippen LogP contribution in [0.25, 0.3) is 0 Å². The molecule has 0 spiro atoms. The molecule has 0 aliphatic heterocycles. The third kappa shape index (κ3) is 6.61. The van der Waals surface area contributed by atoms with E-state index in [-0.39, 0.29) is 18.4 Å². The van der Waals surface area contributed by atoms with Crippen molar-refractivity contribution >= 4 is 35.0 Å². The van der Waals surface area contributed by atoms with E-state index in [0.717, 1.165) is 5.56 Å². The first-order valence-corrected chi connectivity index (χ1v) is 10.8. The SMILES string of the molecule is CCCN(CC(=O)N(Cc1ccccc1)Cc1ccco1)C(=O)c1cc(Cl)cc(Cl)c1. The van der Waals surface area contributed by atoms with Crippen molar-refractivity contribution in [3.63, 3.8) is 0 Å². The minimum atomic E-state index is -0.280. The lowest BCUT2D eigenvalue weighted by molar-refractivity contribution is -0.133. The Labute approximate surface area is 192 Å². The largest absolute Gasteiger partial charge is 0.467 e. The summed E-state index contributed by atoms with van der Waals surface area (Å²) in [6.45, 7) is 3.08. The number of carbonyl (C=O) groups is 2. The van der Waals surface area contributed by atoms with Crippen molar-refractivity contribution in [2.24, 2.45) is 0 Å². The average Bonchev–Trinajstić information content (AvgIpc) is 3.25. The van der Waals surface area contributed by atoms with Crippen LogP contribution in [0.4, 0.5) is 0 Å². The van der Waals surface area contributed by atoms with Gasteiger partial charge < -0.3 is 14.2 Å². The van der Waals surface area contributed by atoms with E-state index in [9.17, 15) is 9.59 Å². The number of hydrogen-bond donors (Lipinski definition) is 0. The van der Waals surface area contributed by atoms with Gasteiger partial charge in [-0.05, 0) is 42.3 Å². The smallest absolute Gasteiger partial charge is 0.254 e. The lowest BCUT2D eigenvalue weighted by Crippen LogP contribution is -2.42. The maximum atomic E-state index is 13.3. The predicted molar refractivity (Wildman–Crippen MR) is 122 cm³/mol. The van der Waals surface area contributed by atoms with Gasteiger partial charge in [-0.15, -0.1) is 0 Å². The molecule has 0 atom stereocenters. The summed E-state index contributed by atoms with van der Waals surface area (Å²) < 4.78 is 5.44. The normalized spacial score (nSPS) is 10.7. The molecule has 0 N–H and O–H groups in total. The van der Waals surface area contributed by atoms with Gasteiger partial charge in [0, 0.05) is 28.7 Å². The van der Waals surface area contributed by atoms with E-state index in [4.69, 9.17) is 27.6 Å². The summed E-state index contributed by atoms with van der Waals surface area (Å²) in [6.07, 6.45) is 2.29. The second kappa shape index (κ2) is 11.0. The number of benzene rings is 2. The Morgan fingerprint density at radius 1 is 0.903 bits per heavy atom. The summed E-state index contributed by atoms with van der Waals surface area (Å²) in [5, 5.41) is 0.754. The highest BCUT2D eigenvalue weighted by Crippen LogP contribution is 2.21. The van der Waals surface area contributed by atoms with Gasteiger partial charge >= 0.3 is 0 Å². The van der Waals surface area contributed by atoms with Crippen LogP contribution in [0.3, 0.4) is 0 Å². The highest BCUT2D eigenvalue weighted by atomic mass is 35.5. The topological polar surface area (TPSA) is 53.8 Å². The quantitative estimate of drug-likeness (QED) is 0.415. The fraction of sp³-hybridized carbons (Fsp3) is 0.250. The molecule has 3 rings (SSSR count). The second-order valence-corrected chi connectivity index (χ2v) is 8.07. The van der Waals surface area contributed by atoms with Crippen LogP contribution in [-0.2, 0) is 17.9 Å². The van der Waals surface area contributed by atoms with E-state index in [1.165, 1.54) is 4.90 Å². The van der Waals surface area contributed by atoms with Gasteiger partial charge in [-0.25, -0.2) is 0 Å². The first kappa shape index (κ1) is 22.9. The van der Waals surface area contributed by atoms with Crippen molar-refractivity contribution in [2.45, 2.75) is 26.4 Å². The van der Waals surface area contributed by atoms with E-state index >= 15 is 0 Å². The zero-order chi connectivity index (χ0) is 22.2. The lowest BCUT2D eigenvalue weighted by Gasteiger charge is -2.27. The van der Waals surface area contributed by atoms with Crippen molar-refractivity contribution in [1.29, 1.82) is 0 Å². The number of nitrogens with zero attached hydrogens (tertiary/aromatic N) is 2. The maximum absolute atomic E-state index is 13.3. The molecule has 0 aliphatic rings. The van der Waals surface area contributed by atoms with Crippen molar-refractivity contribution in [2.75, 3.05) is 13.1 Å². The first-order valence-electron chi connectivity index (χ1n) is 10.1. The summed E-state index contributed by atoms with van der Waals surface area (Å²) in [5.41, 5.74) is 1.36. The molecule has 0 saturated heterocycles. The van der Waals surface area contributed by atoms with Crippen molar-refractivity contribution in [1.82, 2.24) is 9.80 Å². The van der Waals surface area contributed by atoms with Gasteiger partial charge in [-0.1, -0.05) is 60.5 Å². The fourth-order valence-corrected chi connectivity index (χ4v) is 3.80. The molecule has 1 aromatic heterocycles. The lowest BCUT2D eigenvalue weighted by atomic mass is 10.1. The maximum Gasteiger partial charge on any atom is 0.254 e. The van der Waals surface area contributed by atoms with Crippen LogP contribution in [0.5, 0.6) is 0 Å². The Morgan fingerprint density at radius 3 is 2.23 bits per heavy atom. The summed E-state index contributed by atoms with van der Waals surface area (Å²) in [7, 11) is 0. The molecule has 5 nitrogen and oxygen atoms in total. The molecule has 0 saturated carbocycles. The zero-order valence-corrected chi connectivity index (χ0v) is 18.8. The van der Waals surface area contributed by atoms with Gasteiger partial charge in [-0.3, -0.25) is 9.59 Å².